The van der Waals surface area contributed by atoms with E-state index < -0.39 is 0 Å². The molecule has 0 saturated carbocycles. The third-order valence-corrected chi connectivity index (χ3v) is 3.17. The Morgan fingerprint density at radius 2 is 2.31 bits per heavy atom. The summed E-state index contributed by atoms with van der Waals surface area (Å²) in [6.07, 6.45) is 1.74. The van der Waals surface area contributed by atoms with E-state index in [0.717, 1.165) is 16.0 Å². The van der Waals surface area contributed by atoms with Gasteiger partial charge in [-0.05, 0) is 22.0 Å². The molecule has 0 saturated heterocycles. The molecule has 2 aromatic heterocycles. The van der Waals surface area contributed by atoms with Crippen LogP contribution in [0, 0.1) is 0 Å². The van der Waals surface area contributed by atoms with Crippen molar-refractivity contribution in [1.29, 1.82) is 0 Å². The molecule has 0 atom stereocenters. The predicted octanol–water partition coefficient (Wildman–Crippen LogP) is 2.52. The maximum Gasteiger partial charge on any atom is 0.151 e. The van der Waals surface area contributed by atoms with Crippen LogP contribution in [0.5, 0.6) is 0 Å². The van der Waals surface area contributed by atoms with Gasteiger partial charge in [-0.2, -0.15) is 0 Å². The van der Waals surface area contributed by atoms with E-state index in [2.05, 4.69) is 25.9 Å². The van der Waals surface area contributed by atoms with Gasteiger partial charge in [0.2, 0.25) is 0 Å². The van der Waals surface area contributed by atoms with Crippen LogP contribution >= 0.6 is 27.3 Å². The van der Waals surface area contributed by atoms with Gasteiger partial charge in [-0.25, -0.2) is 9.97 Å². The number of nitrogens with two attached hydrogens (primary N) is 1. The van der Waals surface area contributed by atoms with E-state index in [4.69, 9.17) is 5.73 Å². The lowest BCUT2D eigenvalue weighted by Crippen LogP contribution is -2.19. The van der Waals surface area contributed by atoms with E-state index in [9.17, 15) is 0 Å². The number of nitrogens with zero attached hydrogens (tertiary/aromatic N) is 3. The molecule has 0 unspecified atom stereocenters. The smallest absolute Gasteiger partial charge is 0.151 e. The number of nitrogen functional groups attached to an aromatic ring is 1. The van der Waals surface area contributed by atoms with Crippen LogP contribution in [0.15, 0.2) is 27.6 Å². The number of halogens is 1. The first-order valence-corrected chi connectivity index (χ1v) is 6.39. The van der Waals surface area contributed by atoms with Crippen LogP contribution < -0.4 is 10.6 Å². The number of pyridine rings is 1. The third-order valence-electron chi connectivity index (χ3n) is 2.11. The van der Waals surface area contributed by atoms with Crippen molar-refractivity contribution >= 4 is 38.8 Å². The summed E-state index contributed by atoms with van der Waals surface area (Å²) in [4.78, 5) is 10.5. The molecular formula is C10H11BrN4S. The van der Waals surface area contributed by atoms with Crippen molar-refractivity contribution in [2.45, 2.75) is 6.54 Å². The first-order chi connectivity index (χ1) is 7.66. The fourth-order valence-electron chi connectivity index (χ4n) is 1.40. The second-order valence-corrected chi connectivity index (χ2v) is 5.04. The van der Waals surface area contributed by atoms with Crippen LogP contribution in [0.3, 0.4) is 0 Å². The molecule has 0 aliphatic heterocycles. The van der Waals surface area contributed by atoms with Gasteiger partial charge < -0.3 is 10.6 Å². The van der Waals surface area contributed by atoms with Gasteiger partial charge in [0.05, 0.1) is 23.4 Å². The summed E-state index contributed by atoms with van der Waals surface area (Å²) in [5, 5.41) is 2.02. The van der Waals surface area contributed by atoms with Gasteiger partial charge in [0.25, 0.3) is 0 Å². The van der Waals surface area contributed by atoms with E-state index >= 15 is 0 Å². The van der Waals surface area contributed by atoms with Crippen molar-refractivity contribution in [2.75, 3.05) is 17.7 Å². The highest BCUT2D eigenvalue weighted by atomic mass is 79.9. The minimum atomic E-state index is 0.659. The lowest BCUT2D eigenvalue weighted by atomic mass is 10.3. The largest absolute Gasteiger partial charge is 0.396 e. The molecule has 0 fully saturated rings. The van der Waals surface area contributed by atoms with Crippen LogP contribution in [0.4, 0.5) is 11.5 Å². The lowest BCUT2D eigenvalue weighted by Gasteiger charge is -2.18. The van der Waals surface area contributed by atoms with Crippen LogP contribution in [0.2, 0.25) is 0 Å². The average molecular weight is 299 g/mol. The standard InChI is InChI=1S/C10H11BrN4S/c1-15(4-8-5-16-6-14-8)10-9(12)2-7(11)3-13-10/h2-3,5-6H,4,12H2,1H3. The van der Waals surface area contributed by atoms with Crippen molar-refractivity contribution in [3.05, 3.63) is 33.3 Å². The highest BCUT2D eigenvalue weighted by Crippen LogP contribution is 2.23. The Labute approximate surface area is 106 Å². The highest BCUT2D eigenvalue weighted by molar-refractivity contribution is 9.10. The summed E-state index contributed by atoms with van der Waals surface area (Å²) < 4.78 is 0.885. The Morgan fingerprint density at radius 3 is 2.94 bits per heavy atom. The van der Waals surface area contributed by atoms with Gasteiger partial charge in [-0.3, -0.25) is 0 Å². The van der Waals surface area contributed by atoms with Gasteiger partial charge in [-0.1, -0.05) is 0 Å². The van der Waals surface area contributed by atoms with Crippen LogP contribution in [-0.2, 0) is 6.54 Å². The van der Waals surface area contributed by atoms with Crippen molar-refractivity contribution in [3.8, 4) is 0 Å². The normalized spacial score (nSPS) is 10.4. The summed E-state index contributed by atoms with van der Waals surface area (Å²) in [5.41, 5.74) is 9.40. The molecule has 4 nitrogen and oxygen atoms in total. The van der Waals surface area contributed by atoms with E-state index in [1.54, 1.807) is 17.5 Å². The average Bonchev–Trinajstić information content (AvgIpc) is 2.70. The van der Waals surface area contributed by atoms with Crippen molar-refractivity contribution in [1.82, 2.24) is 9.97 Å². The van der Waals surface area contributed by atoms with Gasteiger partial charge >= 0.3 is 0 Å². The van der Waals surface area contributed by atoms with Crippen molar-refractivity contribution in [2.24, 2.45) is 0 Å². The molecule has 2 rings (SSSR count). The minimum absolute atomic E-state index is 0.659. The third kappa shape index (κ3) is 2.51. The monoisotopic (exact) mass is 298 g/mol. The molecule has 0 amide bonds. The van der Waals surface area contributed by atoms with Gasteiger partial charge in [-0.15, -0.1) is 11.3 Å². The second-order valence-electron chi connectivity index (χ2n) is 3.40. The number of rotatable bonds is 3. The number of aromatic nitrogens is 2. The van der Waals surface area contributed by atoms with E-state index in [-0.39, 0.29) is 0 Å². The Kier molecular flexibility index (Phi) is 3.40. The molecule has 0 aromatic carbocycles. The fraction of sp³-hybridized carbons (Fsp3) is 0.200. The summed E-state index contributed by atoms with van der Waals surface area (Å²) in [7, 11) is 1.95. The summed E-state index contributed by atoms with van der Waals surface area (Å²) in [6, 6.07) is 1.85. The Bertz CT molecular complexity index is 472. The Hall–Kier alpha value is -1.14. The van der Waals surface area contributed by atoms with E-state index in [1.807, 2.05) is 28.9 Å². The van der Waals surface area contributed by atoms with Gasteiger partial charge in [0.1, 0.15) is 0 Å². The minimum Gasteiger partial charge on any atom is -0.396 e. The number of anilines is 2. The van der Waals surface area contributed by atoms with Crippen LogP contribution in [-0.4, -0.2) is 17.0 Å². The van der Waals surface area contributed by atoms with Gasteiger partial charge in [0, 0.05) is 23.1 Å². The quantitative estimate of drug-likeness (QED) is 0.946. The first kappa shape index (κ1) is 11.3. The second kappa shape index (κ2) is 4.80. The molecule has 2 N–H and O–H groups in total. The summed E-state index contributed by atoms with van der Waals surface area (Å²) in [6.45, 7) is 0.711. The fourth-order valence-corrected chi connectivity index (χ4v) is 2.30. The summed E-state index contributed by atoms with van der Waals surface area (Å²) in [5.74, 6) is 0.774. The molecular weight excluding hydrogens is 288 g/mol. The predicted molar refractivity (Wildman–Crippen MR) is 70.6 cm³/mol. The molecule has 0 aliphatic rings. The molecule has 16 heavy (non-hydrogen) atoms. The first-order valence-electron chi connectivity index (χ1n) is 4.66. The van der Waals surface area contributed by atoms with Crippen LogP contribution in [0.1, 0.15) is 5.69 Å². The van der Waals surface area contributed by atoms with Crippen molar-refractivity contribution < 1.29 is 0 Å². The Balaban J connectivity index is 2.17. The molecule has 0 spiro atoms. The molecule has 2 heterocycles. The Morgan fingerprint density at radius 1 is 1.50 bits per heavy atom. The lowest BCUT2D eigenvalue weighted by molar-refractivity contribution is 0.875. The highest BCUT2D eigenvalue weighted by Gasteiger charge is 2.08. The molecule has 2 aromatic rings. The number of hydrogen-bond acceptors (Lipinski definition) is 5. The van der Waals surface area contributed by atoms with E-state index in [1.165, 1.54) is 0 Å². The molecule has 84 valence electrons. The SMILES string of the molecule is CN(Cc1cscn1)c1ncc(Br)cc1N. The number of hydrogen-bond donors (Lipinski definition) is 1. The zero-order valence-electron chi connectivity index (χ0n) is 8.72. The maximum absolute atomic E-state index is 5.90. The van der Waals surface area contributed by atoms with Gasteiger partial charge in [0.15, 0.2) is 5.82 Å². The molecule has 0 aliphatic carbocycles. The zero-order valence-corrected chi connectivity index (χ0v) is 11.1. The maximum atomic E-state index is 5.90. The molecule has 0 bridgehead atoms. The zero-order chi connectivity index (χ0) is 11.5. The molecule has 6 heteroatoms. The number of thiazole rings is 1. The topological polar surface area (TPSA) is 55.0 Å². The van der Waals surface area contributed by atoms with Crippen molar-refractivity contribution in [3.63, 3.8) is 0 Å². The van der Waals surface area contributed by atoms with Crippen LogP contribution in [0.25, 0.3) is 0 Å². The molecule has 0 radical (unpaired) electrons. The van der Waals surface area contributed by atoms with E-state index in [0.29, 0.717) is 12.2 Å². The summed E-state index contributed by atoms with van der Waals surface area (Å²) >= 11 is 4.92.